The second kappa shape index (κ2) is 8.19. The number of fused-ring (bicyclic) bond motifs is 1. The second-order valence-electron chi connectivity index (χ2n) is 8.08. The zero-order chi connectivity index (χ0) is 20.3. The molecule has 150 valence electrons. The first kappa shape index (κ1) is 18.7. The van der Waals surface area contributed by atoms with Crippen LogP contribution in [0, 0.1) is 6.92 Å². The minimum absolute atomic E-state index is 0.570. The van der Waals surface area contributed by atoms with E-state index >= 15 is 0 Å². The summed E-state index contributed by atoms with van der Waals surface area (Å²) in [6, 6.07) is 29.6. The number of aromatic nitrogens is 1. The predicted molar refractivity (Wildman–Crippen MR) is 123 cm³/mol. The smallest absolute Gasteiger partial charge is 0.120 e. The quantitative estimate of drug-likeness (QED) is 0.408. The van der Waals surface area contributed by atoms with Crippen molar-refractivity contribution in [3.05, 3.63) is 102 Å². The molecule has 0 aliphatic carbocycles. The second-order valence-corrected chi connectivity index (χ2v) is 8.08. The Morgan fingerprint density at radius 1 is 0.933 bits per heavy atom. The number of hydrogen-bond donors (Lipinski definition) is 0. The van der Waals surface area contributed by atoms with Crippen LogP contribution in [-0.4, -0.2) is 18.1 Å². The normalized spacial score (nSPS) is 16.2. The average molecular weight is 395 g/mol. The summed E-state index contributed by atoms with van der Waals surface area (Å²) in [5.74, 6) is 1.46. The van der Waals surface area contributed by atoms with Crippen molar-refractivity contribution >= 4 is 16.6 Å². The van der Waals surface area contributed by atoms with Crippen molar-refractivity contribution in [2.45, 2.75) is 25.9 Å². The van der Waals surface area contributed by atoms with Gasteiger partial charge >= 0.3 is 0 Å². The highest BCUT2D eigenvalue weighted by molar-refractivity contribution is 5.93. The topological polar surface area (TPSA) is 25.4 Å². The van der Waals surface area contributed by atoms with Gasteiger partial charge in [0.25, 0.3) is 0 Å². The lowest BCUT2D eigenvalue weighted by molar-refractivity contribution is 0.306. The van der Waals surface area contributed by atoms with Gasteiger partial charge < -0.3 is 9.64 Å². The number of hydrogen-bond acceptors (Lipinski definition) is 3. The van der Waals surface area contributed by atoms with Crippen LogP contribution in [0.2, 0.25) is 0 Å². The van der Waals surface area contributed by atoms with Crippen molar-refractivity contribution in [3.8, 4) is 5.75 Å². The van der Waals surface area contributed by atoms with Crippen LogP contribution >= 0.6 is 0 Å². The van der Waals surface area contributed by atoms with Crippen molar-refractivity contribution < 1.29 is 4.74 Å². The maximum atomic E-state index is 6.09. The first-order chi connectivity index (χ1) is 14.8. The van der Waals surface area contributed by atoms with Gasteiger partial charge in [-0.3, -0.25) is 4.98 Å². The van der Waals surface area contributed by atoms with Crippen LogP contribution in [0.15, 0.2) is 84.9 Å². The van der Waals surface area contributed by atoms with Gasteiger partial charge in [-0.2, -0.15) is 0 Å². The molecule has 0 radical (unpaired) electrons. The van der Waals surface area contributed by atoms with Gasteiger partial charge in [-0.25, -0.2) is 0 Å². The van der Waals surface area contributed by atoms with Gasteiger partial charge in [-0.15, -0.1) is 0 Å². The van der Waals surface area contributed by atoms with E-state index in [2.05, 4.69) is 72.5 Å². The fourth-order valence-electron chi connectivity index (χ4n) is 4.38. The molecule has 0 spiro atoms. The molecule has 3 heteroatoms. The van der Waals surface area contributed by atoms with Crippen LogP contribution < -0.4 is 9.64 Å². The van der Waals surface area contributed by atoms with E-state index in [1.54, 1.807) is 0 Å². The highest BCUT2D eigenvalue weighted by Gasteiger charge is 2.25. The summed E-state index contributed by atoms with van der Waals surface area (Å²) in [6.45, 7) is 4.75. The maximum absolute atomic E-state index is 6.09. The van der Waals surface area contributed by atoms with Crippen molar-refractivity contribution in [1.29, 1.82) is 0 Å². The summed E-state index contributed by atoms with van der Waals surface area (Å²) in [6.07, 6.45) is 1.18. The number of rotatable bonds is 5. The van der Waals surface area contributed by atoms with Crippen LogP contribution in [0.3, 0.4) is 0 Å². The van der Waals surface area contributed by atoms with E-state index in [1.807, 2.05) is 24.3 Å². The van der Waals surface area contributed by atoms with E-state index in [-0.39, 0.29) is 0 Å². The third-order valence-corrected chi connectivity index (χ3v) is 5.93. The Kier molecular flexibility index (Phi) is 5.10. The van der Waals surface area contributed by atoms with Crippen LogP contribution in [0.1, 0.15) is 29.2 Å². The summed E-state index contributed by atoms with van der Waals surface area (Å²) in [5, 5.41) is 1.17. The standard InChI is InChI=1S/C27H26N2O/c1-20-16-27(29-15-14-23(18-29)22-10-6-3-7-11-22)25-17-24(12-13-26(25)28-20)30-19-21-8-4-2-5-9-21/h2-13,16-17,23H,14-15,18-19H2,1H3. The molecule has 1 atom stereocenters. The van der Waals surface area contributed by atoms with Gasteiger partial charge in [0.2, 0.25) is 0 Å². The van der Waals surface area contributed by atoms with Crippen molar-refractivity contribution in [1.82, 2.24) is 4.98 Å². The van der Waals surface area contributed by atoms with E-state index in [4.69, 9.17) is 9.72 Å². The highest BCUT2D eigenvalue weighted by Crippen LogP contribution is 2.36. The number of aryl methyl sites for hydroxylation is 1. The van der Waals surface area contributed by atoms with Gasteiger partial charge in [0, 0.05) is 35.8 Å². The summed E-state index contributed by atoms with van der Waals surface area (Å²) in [7, 11) is 0. The fraction of sp³-hybridized carbons (Fsp3) is 0.222. The minimum Gasteiger partial charge on any atom is -0.489 e. The molecular formula is C27H26N2O. The lowest BCUT2D eigenvalue weighted by atomic mass is 9.99. The lowest BCUT2D eigenvalue weighted by Crippen LogP contribution is -2.20. The third-order valence-electron chi connectivity index (χ3n) is 5.93. The summed E-state index contributed by atoms with van der Waals surface area (Å²) < 4.78 is 6.09. The maximum Gasteiger partial charge on any atom is 0.120 e. The van der Waals surface area contributed by atoms with Crippen molar-refractivity contribution in [3.63, 3.8) is 0 Å². The Balaban J connectivity index is 1.42. The summed E-state index contributed by atoms with van der Waals surface area (Å²) in [5.41, 5.74) is 5.95. The van der Waals surface area contributed by atoms with Gasteiger partial charge in [-0.05, 0) is 48.7 Å². The molecule has 0 saturated carbocycles. The number of anilines is 1. The molecule has 1 aromatic heterocycles. The summed E-state index contributed by atoms with van der Waals surface area (Å²) >= 11 is 0. The van der Waals surface area contributed by atoms with E-state index < -0.39 is 0 Å². The number of pyridine rings is 1. The Morgan fingerprint density at radius 3 is 2.50 bits per heavy atom. The molecule has 0 amide bonds. The van der Waals surface area contributed by atoms with Crippen molar-refractivity contribution in [2.75, 3.05) is 18.0 Å². The average Bonchev–Trinajstić information content (AvgIpc) is 3.29. The molecule has 1 saturated heterocycles. The Labute approximate surface area is 178 Å². The molecule has 2 heterocycles. The Hall–Kier alpha value is -3.33. The van der Waals surface area contributed by atoms with Crippen LogP contribution in [0.5, 0.6) is 5.75 Å². The molecule has 1 aliphatic rings. The monoisotopic (exact) mass is 394 g/mol. The molecule has 30 heavy (non-hydrogen) atoms. The lowest BCUT2D eigenvalue weighted by Gasteiger charge is -2.22. The molecule has 1 aliphatic heterocycles. The van der Waals surface area contributed by atoms with Crippen molar-refractivity contribution in [2.24, 2.45) is 0 Å². The zero-order valence-electron chi connectivity index (χ0n) is 17.3. The molecule has 3 aromatic carbocycles. The third kappa shape index (κ3) is 3.88. The van der Waals surface area contributed by atoms with Crippen LogP contribution in [0.25, 0.3) is 10.9 Å². The molecule has 4 aromatic rings. The van der Waals surface area contributed by atoms with E-state index in [1.165, 1.54) is 28.6 Å². The predicted octanol–water partition coefficient (Wildman–Crippen LogP) is 6.12. The van der Waals surface area contributed by atoms with Gasteiger partial charge in [0.1, 0.15) is 12.4 Å². The Morgan fingerprint density at radius 2 is 1.70 bits per heavy atom. The van der Waals surface area contributed by atoms with Crippen LogP contribution in [-0.2, 0) is 6.61 Å². The first-order valence-electron chi connectivity index (χ1n) is 10.6. The number of ether oxygens (including phenoxy) is 1. The molecule has 1 fully saturated rings. The molecule has 3 nitrogen and oxygen atoms in total. The fourth-order valence-corrected chi connectivity index (χ4v) is 4.38. The largest absolute Gasteiger partial charge is 0.489 e. The van der Waals surface area contributed by atoms with Gasteiger partial charge in [0.15, 0.2) is 0 Å². The zero-order valence-corrected chi connectivity index (χ0v) is 17.3. The van der Waals surface area contributed by atoms with E-state index in [9.17, 15) is 0 Å². The highest BCUT2D eigenvalue weighted by atomic mass is 16.5. The van der Waals surface area contributed by atoms with Gasteiger partial charge in [0.05, 0.1) is 5.52 Å². The molecule has 5 rings (SSSR count). The molecule has 0 N–H and O–H groups in total. The molecule has 1 unspecified atom stereocenters. The Bertz CT molecular complexity index is 1140. The SMILES string of the molecule is Cc1cc(N2CCC(c3ccccc3)C2)c2cc(OCc3ccccc3)ccc2n1. The number of nitrogens with zero attached hydrogens (tertiary/aromatic N) is 2. The van der Waals surface area contributed by atoms with Crippen LogP contribution in [0.4, 0.5) is 5.69 Å². The van der Waals surface area contributed by atoms with Gasteiger partial charge in [-0.1, -0.05) is 60.7 Å². The minimum atomic E-state index is 0.570. The molecular weight excluding hydrogens is 368 g/mol. The first-order valence-corrected chi connectivity index (χ1v) is 10.6. The summed E-state index contributed by atoms with van der Waals surface area (Å²) in [4.78, 5) is 7.27. The van der Waals surface area contributed by atoms with E-state index in [0.29, 0.717) is 12.5 Å². The molecule has 0 bridgehead atoms. The number of benzene rings is 3. The van der Waals surface area contributed by atoms with E-state index in [0.717, 1.165) is 30.0 Å².